The monoisotopic (exact) mass is 573 g/mol. The molecule has 10 heteroatoms. The molecule has 1 fully saturated rings. The van der Waals surface area contributed by atoms with Gasteiger partial charge >= 0.3 is 0 Å². The fraction of sp³-hybridized carbons (Fsp3) is 0.233. The molecule has 2 aliphatic heterocycles. The van der Waals surface area contributed by atoms with Gasteiger partial charge in [-0.2, -0.15) is 0 Å². The van der Waals surface area contributed by atoms with Crippen LogP contribution in [0.4, 0.5) is 5.69 Å². The lowest BCUT2D eigenvalue weighted by atomic mass is 9.91. The van der Waals surface area contributed by atoms with E-state index in [-0.39, 0.29) is 4.90 Å². The van der Waals surface area contributed by atoms with Crippen LogP contribution in [-0.2, 0) is 19.6 Å². The lowest BCUT2D eigenvalue weighted by Crippen LogP contribution is -2.42. The van der Waals surface area contributed by atoms with Crippen LogP contribution in [0, 0.1) is 26.7 Å². The summed E-state index contributed by atoms with van der Waals surface area (Å²) in [5.74, 6) is -1.24. The van der Waals surface area contributed by atoms with Crippen molar-refractivity contribution in [3.05, 3.63) is 89.0 Å². The van der Waals surface area contributed by atoms with Crippen LogP contribution in [0.15, 0.2) is 76.7 Å². The van der Waals surface area contributed by atoms with Crippen LogP contribution in [-0.4, -0.2) is 37.6 Å². The Balaban J connectivity index is 1.49. The summed E-state index contributed by atoms with van der Waals surface area (Å²) in [4.78, 5) is 33.9. The van der Waals surface area contributed by atoms with Gasteiger partial charge in [-0.3, -0.25) is 9.59 Å². The van der Waals surface area contributed by atoms with Crippen molar-refractivity contribution < 1.29 is 22.7 Å². The molecule has 0 saturated carbocycles. The molecule has 3 atom stereocenters. The van der Waals surface area contributed by atoms with Gasteiger partial charge in [0.1, 0.15) is 16.0 Å². The van der Waals surface area contributed by atoms with Gasteiger partial charge in [0.2, 0.25) is 21.8 Å². The van der Waals surface area contributed by atoms with Crippen molar-refractivity contribution in [2.24, 2.45) is 5.92 Å². The Hall–Kier alpha value is -3.73. The number of thioether (sulfide) groups is 1. The summed E-state index contributed by atoms with van der Waals surface area (Å²) in [6.45, 7) is 5.43. The van der Waals surface area contributed by atoms with Crippen molar-refractivity contribution in [2.75, 3.05) is 12.0 Å². The third kappa shape index (κ3) is 4.27. The molecule has 1 saturated heterocycles. The molecular formula is C30H27N3O5S2. The van der Waals surface area contributed by atoms with E-state index in [1.807, 2.05) is 49.4 Å². The predicted molar refractivity (Wildman–Crippen MR) is 154 cm³/mol. The molecule has 2 aliphatic rings. The minimum Gasteiger partial charge on any atom is -0.497 e. The molecule has 0 bridgehead atoms. The van der Waals surface area contributed by atoms with Gasteiger partial charge in [0.05, 0.1) is 35.2 Å². The number of pyridine rings is 1. The van der Waals surface area contributed by atoms with Gasteiger partial charge in [-0.15, -0.1) is 0 Å². The number of hydrogen-bond acceptors (Lipinski definition) is 7. The van der Waals surface area contributed by atoms with Gasteiger partial charge < -0.3 is 4.74 Å². The first-order valence-electron chi connectivity index (χ1n) is 12.8. The maximum Gasteiger partial charge on any atom is 0.248 e. The van der Waals surface area contributed by atoms with E-state index in [0.717, 1.165) is 21.4 Å². The first kappa shape index (κ1) is 26.5. The molecule has 204 valence electrons. The Bertz CT molecular complexity index is 1780. The zero-order valence-corrected chi connectivity index (χ0v) is 24.0. The molecule has 0 spiro atoms. The fourth-order valence-electron chi connectivity index (χ4n) is 5.79. The molecule has 8 nitrogen and oxygen atoms in total. The normalized spacial score (nSPS) is 20.5. The number of hydrogen-bond donors (Lipinski definition) is 1. The number of aromatic nitrogens is 1. The Labute approximate surface area is 236 Å². The maximum absolute atomic E-state index is 14.0. The molecule has 4 aromatic rings. The SMILES string of the molecule is COc1ccc(N2C(=O)[C@H]3[C@H](Sc4nc5ccccc5cc4[C@H]3NS(=O)(=O)c3c(C)cc(C)cc3C)C2=O)cc1. The van der Waals surface area contributed by atoms with E-state index in [4.69, 9.17) is 9.72 Å². The smallest absolute Gasteiger partial charge is 0.248 e. The molecule has 0 radical (unpaired) electrons. The summed E-state index contributed by atoms with van der Waals surface area (Å²) in [6, 6.07) is 18.7. The number of rotatable bonds is 5. The van der Waals surface area contributed by atoms with Crippen molar-refractivity contribution in [1.29, 1.82) is 0 Å². The second-order valence-electron chi connectivity index (χ2n) is 10.2. The summed E-state index contributed by atoms with van der Waals surface area (Å²) in [5.41, 5.74) is 3.88. The number of anilines is 1. The van der Waals surface area contributed by atoms with E-state index >= 15 is 0 Å². The van der Waals surface area contributed by atoms with Crippen LogP contribution in [0.5, 0.6) is 5.75 Å². The van der Waals surface area contributed by atoms with Gasteiger partial charge in [-0.1, -0.05) is 47.7 Å². The van der Waals surface area contributed by atoms with Gasteiger partial charge in [0.25, 0.3) is 0 Å². The van der Waals surface area contributed by atoms with E-state index in [2.05, 4.69) is 4.72 Å². The van der Waals surface area contributed by atoms with Gasteiger partial charge in [-0.05, 0) is 68.3 Å². The second kappa shape index (κ2) is 9.72. The minimum atomic E-state index is -4.09. The van der Waals surface area contributed by atoms with Crippen molar-refractivity contribution in [3.63, 3.8) is 0 Å². The van der Waals surface area contributed by atoms with Crippen molar-refractivity contribution in [2.45, 2.75) is 42.0 Å². The average Bonchev–Trinajstić information content (AvgIpc) is 3.15. The molecule has 3 heterocycles. The molecule has 1 N–H and O–H groups in total. The molecule has 40 heavy (non-hydrogen) atoms. The number of aryl methyl sites for hydroxylation is 3. The largest absolute Gasteiger partial charge is 0.497 e. The van der Waals surface area contributed by atoms with Crippen LogP contribution >= 0.6 is 11.8 Å². The average molecular weight is 574 g/mol. The number of nitrogens with zero attached hydrogens (tertiary/aromatic N) is 2. The number of nitrogens with one attached hydrogen (secondary N) is 1. The quantitative estimate of drug-likeness (QED) is 0.340. The molecule has 3 aromatic carbocycles. The molecule has 2 amide bonds. The van der Waals surface area contributed by atoms with Crippen molar-refractivity contribution in [3.8, 4) is 5.75 Å². The van der Waals surface area contributed by atoms with Gasteiger partial charge in [0.15, 0.2) is 0 Å². The van der Waals surface area contributed by atoms with Gasteiger partial charge in [0, 0.05) is 10.9 Å². The Kier molecular flexibility index (Phi) is 6.44. The first-order valence-corrected chi connectivity index (χ1v) is 15.1. The number of amides is 2. The summed E-state index contributed by atoms with van der Waals surface area (Å²) < 4.78 is 36.0. The number of para-hydroxylation sites is 1. The minimum absolute atomic E-state index is 0.173. The summed E-state index contributed by atoms with van der Waals surface area (Å²) in [7, 11) is -2.55. The second-order valence-corrected chi connectivity index (χ2v) is 13.0. The summed E-state index contributed by atoms with van der Waals surface area (Å²) >= 11 is 1.21. The van der Waals surface area contributed by atoms with E-state index in [1.54, 1.807) is 38.1 Å². The van der Waals surface area contributed by atoms with Crippen molar-refractivity contribution in [1.82, 2.24) is 9.71 Å². The summed E-state index contributed by atoms with van der Waals surface area (Å²) in [5, 5.41) is 0.502. The van der Waals surface area contributed by atoms with E-state index in [1.165, 1.54) is 18.9 Å². The van der Waals surface area contributed by atoms with Crippen LogP contribution in [0.3, 0.4) is 0 Å². The number of sulfonamides is 1. The highest BCUT2D eigenvalue weighted by molar-refractivity contribution is 8.00. The Morgan fingerprint density at radius 3 is 2.27 bits per heavy atom. The maximum atomic E-state index is 14.0. The number of imide groups is 1. The third-order valence-corrected chi connectivity index (χ3v) is 10.5. The fourth-order valence-corrected chi connectivity index (χ4v) is 8.83. The van der Waals surface area contributed by atoms with E-state index < -0.39 is 39.0 Å². The van der Waals surface area contributed by atoms with Crippen LogP contribution in [0.25, 0.3) is 10.9 Å². The number of carbonyl (C=O) groups is 2. The van der Waals surface area contributed by atoms with E-state index in [9.17, 15) is 18.0 Å². The lowest BCUT2D eigenvalue weighted by molar-refractivity contribution is -0.122. The molecule has 1 aromatic heterocycles. The number of ether oxygens (including phenoxy) is 1. The van der Waals surface area contributed by atoms with Crippen LogP contribution < -0.4 is 14.4 Å². The lowest BCUT2D eigenvalue weighted by Gasteiger charge is -2.32. The number of methoxy groups -OCH3 is 1. The van der Waals surface area contributed by atoms with Crippen LogP contribution in [0.1, 0.15) is 28.3 Å². The number of benzene rings is 3. The first-order chi connectivity index (χ1) is 19.1. The molecule has 0 unspecified atom stereocenters. The zero-order chi connectivity index (χ0) is 28.3. The number of fused-ring (bicyclic) bond motifs is 3. The standard InChI is InChI=1S/C30H27N3O5S2/c1-16-13-17(2)27(18(3)14-16)40(36,37)32-25-22-15-19-7-5-6-8-23(19)31-28(22)39-26-24(25)29(34)33(30(26)35)20-9-11-21(38-4)12-10-20/h5-15,24-26,32H,1-4H3/t24-,25-,26+/m1/s1. The van der Waals surface area contributed by atoms with Crippen LogP contribution in [0.2, 0.25) is 0 Å². The molecule has 6 rings (SSSR count). The van der Waals surface area contributed by atoms with E-state index in [0.29, 0.717) is 33.2 Å². The highest BCUT2D eigenvalue weighted by Crippen LogP contribution is 2.50. The van der Waals surface area contributed by atoms with Gasteiger partial charge in [-0.25, -0.2) is 23.0 Å². The Morgan fingerprint density at radius 2 is 1.60 bits per heavy atom. The highest BCUT2D eigenvalue weighted by atomic mass is 32.2. The zero-order valence-electron chi connectivity index (χ0n) is 22.3. The third-order valence-electron chi connectivity index (χ3n) is 7.43. The molecule has 0 aliphatic carbocycles. The molecular weight excluding hydrogens is 546 g/mol. The Morgan fingerprint density at radius 1 is 0.925 bits per heavy atom. The highest BCUT2D eigenvalue weighted by Gasteiger charge is 2.56. The van der Waals surface area contributed by atoms with Crippen molar-refractivity contribution >= 4 is 50.2 Å². The summed E-state index contributed by atoms with van der Waals surface area (Å²) in [6.07, 6.45) is 0. The topological polar surface area (TPSA) is 106 Å². The predicted octanol–water partition coefficient (Wildman–Crippen LogP) is 4.85. The number of carbonyl (C=O) groups excluding carboxylic acids is 2.